The fraction of sp³-hybridized carbons (Fsp3) is 0.333. The van der Waals surface area contributed by atoms with E-state index in [0.29, 0.717) is 12.1 Å². The second-order valence-electron chi connectivity index (χ2n) is 4.21. The van der Waals surface area contributed by atoms with Crippen molar-refractivity contribution in [1.82, 2.24) is 10.2 Å². The van der Waals surface area contributed by atoms with Crippen LogP contribution >= 0.6 is 0 Å². The Morgan fingerprint density at radius 1 is 1.53 bits per heavy atom. The Bertz CT molecular complexity index is 504. The van der Waals surface area contributed by atoms with E-state index < -0.39 is 6.09 Å². The van der Waals surface area contributed by atoms with Crippen molar-refractivity contribution in [2.24, 2.45) is 4.99 Å². The monoisotopic (exact) mass is 265 g/mol. The van der Waals surface area contributed by atoms with Crippen molar-refractivity contribution >= 4 is 12.4 Å². The molecule has 0 spiro atoms. The number of phenols is 2. The minimum atomic E-state index is -0.560. The molecular formula is C12H15N3O4. The fourth-order valence-corrected chi connectivity index (χ4v) is 1.62. The van der Waals surface area contributed by atoms with E-state index in [1.54, 1.807) is 24.4 Å². The zero-order valence-electron chi connectivity index (χ0n) is 10.4. The highest BCUT2D eigenvalue weighted by Gasteiger charge is 2.19. The molecule has 102 valence electrons. The first-order chi connectivity index (χ1) is 9.06. The lowest BCUT2D eigenvalue weighted by molar-refractivity contribution is 0.130. The van der Waals surface area contributed by atoms with Crippen LogP contribution in [0.2, 0.25) is 0 Å². The van der Waals surface area contributed by atoms with Crippen molar-refractivity contribution in [2.75, 3.05) is 13.6 Å². The van der Waals surface area contributed by atoms with Gasteiger partial charge in [-0.25, -0.2) is 4.79 Å². The van der Waals surface area contributed by atoms with Crippen LogP contribution in [0.4, 0.5) is 4.79 Å². The Kier molecular flexibility index (Phi) is 3.74. The van der Waals surface area contributed by atoms with E-state index >= 15 is 0 Å². The van der Waals surface area contributed by atoms with Crippen LogP contribution in [0.5, 0.6) is 11.5 Å². The lowest BCUT2D eigenvalue weighted by Gasteiger charge is -2.19. The number of aromatic hydroxyl groups is 2. The molecule has 1 heterocycles. The van der Waals surface area contributed by atoms with Gasteiger partial charge in [0.25, 0.3) is 0 Å². The van der Waals surface area contributed by atoms with Crippen molar-refractivity contribution in [3.05, 3.63) is 23.8 Å². The van der Waals surface area contributed by atoms with E-state index in [9.17, 15) is 9.90 Å². The van der Waals surface area contributed by atoms with E-state index in [1.807, 2.05) is 0 Å². The number of ether oxygens (including phenoxy) is 1. The molecule has 0 bridgehead atoms. The summed E-state index contributed by atoms with van der Waals surface area (Å²) in [6.07, 6.45) is 0.888. The molecule has 1 aliphatic rings. The Balaban J connectivity index is 1.81. The molecule has 1 unspecified atom stereocenters. The summed E-state index contributed by atoms with van der Waals surface area (Å²) in [5, 5.41) is 21.1. The fourth-order valence-electron chi connectivity index (χ4n) is 1.62. The number of amides is 1. The average Bonchev–Trinajstić information content (AvgIpc) is 2.77. The Hall–Kier alpha value is -2.44. The number of alkyl carbamates (subject to hydrolysis) is 1. The number of carbonyl (C=O) groups excluding carboxylic acids is 1. The maximum atomic E-state index is 11.5. The summed E-state index contributed by atoms with van der Waals surface area (Å²) >= 11 is 0. The van der Waals surface area contributed by atoms with E-state index in [4.69, 9.17) is 9.84 Å². The third-order valence-electron chi connectivity index (χ3n) is 2.73. The van der Waals surface area contributed by atoms with Crippen LogP contribution in [0.3, 0.4) is 0 Å². The molecular weight excluding hydrogens is 250 g/mol. The highest BCUT2D eigenvalue weighted by Crippen LogP contribution is 2.25. The lowest BCUT2D eigenvalue weighted by atomic mass is 10.2. The predicted molar refractivity (Wildman–Crippen MR) is 68.0 cm³/mol. The van der Waals surface area contributed by atoms with Gasteiger partial charge in [-0.15, -0.1) is 0 Å². The molecule has 7 heteroatoms. The minimum absolute atomic E-state index is 0.0109. The molecule has 7 nitrogen and oxygen atoms in total. The molecule has 1 aromatic carbocycles. The van der Waals surface area contributed by atoms with Crippen molar-refractivity contribution in [3.63, 3.8) is 0 Å². The van der Waals surface area contributed by atoms with Crippen molar-refractivity contribution in [1.29, 1.82) is 0 Å². The largest absolute Gasteiger partial charge is 0.504 e. The molecule has 0 saturated heterocycles. The van der Waals surface area contributed by atoms with E-state index in [-0.39, 0.29) is 24.3 Å². The van der Waals surface area contributed by atoms with Crippen LogP contribution in [0.25, 0.3) is 0 Å². The maximum Gasteiger partial charge on any atom is 0.409 e. The molecule has 3 N–H and O–H groups in total. The highest BCUT2D eigenvalue weighted by molar-refractivity contribution is 5.69. The van der Waals surface area contributed by atoms with Crippen molar-refractivity contribution in [3.8, 4) is 11.5 Å². The van der Waals surface area contributed by atoms with Gasteiger partial charge >= 0.3 is 6.09 Å². The first-order valence-electron chi connectivity index (χ1n) is 5.72. The van der Waals surface area contributed by atoms with Gasteiger partial charge in [0.1, 0.15) is 12.8 Å². The molecule has 0 aliphatic carbocycles. The number of nitrogens with one attached hydrogen (secondary N) is 1. The quantitative estimate of drug-likeness (QED) is 0.697. The third-order valence-corrected chi connectivity index (χ3v) is 2.73. The number of rotatable bonds is 3. The second-order valence-corrected chi connectivity index (χ2v) is 4.21. The summed E-state index contributed by atoms with van der Waals surface area (Å²) in [5.74, 6) is -0.455. The van der Waals surface area contributed by atoms with Crippen molar-refractivity contribution in [2.45, 2.75) is 12.8 Å². The van der Waals surface area contributed by atoms with Gasteiger partial charge in [0, 0.05) is 7.05 Å². The van der Waals surface area contributed by atoms with Gasteiger partial charge in [-0.3, -0.25) is 10.3 Å². The molecule has 0 aromatic heterocycles. The van der Waals surface area contributed by atoms with Crippen LogP contribution < -0.4 is 5.32 Å². The zero-order valence-corrected chi connectivity index (χ0v) is 10.4. The lowest BCUT2D eigenvalue weighted by Crippen LogP contribution is -2.44. The summed E-state index contributed by atoms with van der Waals surface area (Å²) in [6.45, 7) is 0.503. The van der Waals surface area contributed by atoms with Gasteiger partial charge in [0.15, 0.2) is 11.5 Å². The van der Waals surface area contributed by atoms with Crippen LogP contribution in [-0.4, -0.2) is 47.3 Å². The number of aliphatic imine (C=N–C) groups is 1. The van der Waals surface area contributed by atoms with Crippen molar-refractivity contribution < 1.29 is 19.7 Å². The van der Waals surface area contributed by atoms with Gasteiger partial charge in [-0.05, 0) is 17.7 Å². The van der Waals surface area contributed by atoms with Gasteiger partial charge in [0.05, 0.1) is 12.9 Å². The Morgan fingerprint density at radius 2 is 2.32 bits per heavy atom. The molecule has 0 fully saturated rings. The molecule has 19 heavy (non-hydrogen) atoms. The van der Waals surface area contributed by atoms with E-state index in [2.05, 4.69) is 10.3 Å². The predicted octanol–water partition coefficient (Wildman–Crippen LogP) is 0.624. The number of hydrogen-bond acceptors (Lipinski definition) is 6. The number of nitrogens with zero attached hydrogens (tertiary/aromatic N) is 2. The molecule has 0 saturated carbocycles. The summed E-state index contributed by atoms with van der Waals surface area (Å²) in [6, 6.07) is 4.24. The Labute approximate surface area is 110 Å². The summed E-state index contributed by atoms with van der Waals surface area (Å²) < 4.78 is 5.01. The maximum absolute atomic E-state index is 11.5. The molecule has 1 aliphatic heterocycles. The normalized spacial score (nSPS) is 17.5. The van der Waals surface area contributed by atoms with Crippen LogP contribution in [0.1, 0.15) is 5.56 Å². The van der Waals surface area contributed by atoms with Crippen LogP contribution in [0.15, 0.2) is 23.2 Å². The van der Waals surface area contributed by atoms with E-state index in [1.165, 1.54) is 12.1 Å². The standard InChI is InChI=1S/C12H15N3O4/c1-15-7-13-5-11(15)14-12(18)19-6-8-2-3-9(16)10(17)4-8/h2-4,7,11,16-17H,5-6H2,1H3,(H,14,18). The summed E-state index contributed by atoms with van der Waals surface area (Å²) in [5.41, 5.74) is 0.585. The topological polar surface area (TPSA) is 94.4 Å². The number of hydrogen-bond donors (Lipinski definition) is 3. The molecule has 1 atom stereocenters. The van der Waals surface area contributed by atoms with E-state index in [0.717, 1.165) is 0 Å². The number of carbonyl (C=O) groups is 1. The Morgan fingerprint density at radius 3 is 2.95 bits per heavy atom. The van der Waals surface area contributed by atoms with Crippen LogP contribution in [0, 0.1) is 0 Å². The summed E-state index contributed by atoms with van der Waals surface area (Å²) in [7, 11) is 1.81. The first-order valence-corrected chi connectivity index (χ1v) is 5.72. The molecule has 1 aromatic rings. The van der Waals surface area contributed by atoms with Gasteiger partial charge in [-0.2, -0.15) is 0 Å². The SMILES string of the molecule is CN1C=NCC1NC(=O)OCc1ccc(O)c(O)c1. The first kappa shape index (κ1) is 13.0. The number of phenolic OH excluding ortho intramolecular Hbond substituents is 2. The smallest absolute Gasteiger partial charge is 0.409 e. The van der Waals surface area contributed by atoms with Gasteiger partial charge in [0.2, 0.25) is 0 Å². The van der Waals surface area contributed by atoms with Gasteiger partial charge in [-0.1, -0.05) is 6.07 Å². The number of likely N-dealkylation sites (N-methyl/N-ethyl adjacent to an activating group) is 1. The number of benzene rings is 1. The minimum Gasteiger partial charge on any atom is -0.504 e. The van der Waals surface area contributed by atoms with Gasteiger partial charge < -0.3 is 19.8 Å². The average molecular weight is 265 g/mol. The summed E-state index contributed by atoms with van der Waals surface area (Å²) in [4.78, 5) is 17.3. The molecule has 2 rings (SSSR count). The molecule has 0 radical (unpaired) electrons. The zero-order chi connectivity index (χ0) is 13.8. The highest BCUT2D eigenvalue weighted by atomic mass is 16.5. The molecule has 1 amide bonds. The van der Waals surface area contributed by atoms with Crippen LogP contribution in [-0.2, 0) is 11.3 Å². The second kappa shape index (κ2) is 5.47. The third kappa shape index (κ3) is 3.27.